The van der Waals surface area contributed by atoms with Gasteiger partial charge in [-0.25, -0.2) is 4.68 Å². The summed E-state index contributed by atoms with van der Waals surface area (Å²) in [4.78, 5) is 12.0. The van der Waals surface area contributed by atoms with Crippen LogP contribution in [0.3, 0.4) is 0 Å². The molecule has 2 unspecified atom stereocenters. The summed E-state index contributed by atoms with van der Waals surface area (Å²) in [6.45, 7) is 6.68. The van der Waals surface area contributed by atoms with E-state index in [2.05, 4.69) is 53.0 Å². The number of hydrogen-bond donors (Lipinski definition) is 1. The molecule has 1 heterocycles. The first-order chi connectivity index (χ1) is 8.99. The zero-order chi connectivity index (χ0) is 14.4. The lowest BCUT2D eigenvalue weighted by Gasteiger charge is -2.19. The summed E-state index contributed by atoms with van der Waals surface area (Å²) in [5, 5.41) is 7.36. The fourth-order valence-electron chi connectivity index (χ4n) is 1.86. The van der Waals surface area contributed by atoms with Crippen LogP contribution in [0.25, 0.3) is 0 Å². The highest BCUT2D eigenvalue weighted by Gasteiger charge is 2.12. The molecule has 0 saturated carbocycles. The van der Waals surface area contributed by atoms with E-state index in [1.807, 2.05) is 0 Å². The molecule has 2 atom stereocenters. The summed E-state index contributed by atoms with van der Waals surface area (Å²) in [5.74, 6) is 3.05. The molecular weight excluding hydrogens is 306 g/mol. The minimum absolute atomic E-state index is 0.181. The Morgan fingerprint density at radius 2 is 2.26 bits per heavy atom. The fraction of sp³-hybridized carbons (Fsp3) is 0.571. The Morgan fingerprint density at radius 3 is 2.84 bits per heavy atom. The molecule has 0 spiro atoms. The van der Waals surface area contributed by atoms with E-state index in [0.717, 1.165) is 12.8 Å². The normalized spacial score (nSPS) is 13.6. The van der Waals surface area contributed by atoms with Crippen molar-refractivity contribution in [3.05, 3.63) is 21.0 Å². The number of aromatic nitrogens is 2. The molecule has 0 aromatic carbocycles. The zero-order valence-electron chi connectivity index (χ0n) is 11.6. The molecule has 0 aliphatic rings. The monoisotopic (exact) mass is 325 g/mol. The molecule has 0 radical (unpaired) electrons. The molecule has 1 rings (SSSR count). The van der Waals surface area contributed by atoms with Crippen LogP contribution in [0.5, 0.6) is 0 Å². The lowest BCUT2D eigenvalue weighted by molar-refractivity contribution is 0.483. The average Bonchev–Trinajstić information content (AvgIpc) is 2.38. The molecule has 0 bridgehead atoms. The largest absolute Gasteiger partial charge is 0.380 e. The first kappa shape index (κ1) is 15.8. The lowest BCUT2D eigenvalue weighted by atomic mass is 10.0. The van der Waals surface area contributed by atoms with Crippen molar-refractivity contribution in [1.29, 1.82) is 0 Å². The van der Waals surface area contributed by atoms with Gasteiger partial charge < -0.3 is 5.32 Å². The van der Waals surface area contributed by atoms with Gasteiger partial charge in [0, 0.05) is 6.04 Å². The number of anilines is 1. The summed E-state index contributed by atoms with van der Waals surface area (Å²) >= 11 is 3.31. The first-order valence-electron chi connectivity index (χ1n) is 6.45. The van der Waals surface area contributed by atoms with Crippen molar-refractivity contribution in [1.82, 2.24) is 9.78 Å². The molecule has 0 saturated heterocycles. The summed E-state index contributed by atoms with van der Waals surface area (Å²) in [5.41, 5.74) is 0.507. The van der Waals surface area contributed by atoms with Crippen molar-refractivity contribution in [2.24, 2.45) is 5.92 Å². The molecule has 0 amide bonds. The number of nitrogens with one attached hydrogen (secondary N) is 1. The topological polar surface area (TPSA) is 46.9 Å². The lowest BCUT2D eigenvalue weighted by Crippen LogP contribution is -2.26. The Balaban J connectivity index is 2.83. The van der Waals surface area contributed by atoms with E-state index in [4.69, 9.17) is 6.42 Å². The molecule has 104 valence electrons. The Bertz CT molecular complexity index is 518. The number of halogens is 1. The fourth-order valence-corrected chi connectivity index (χ4v) is 2.28. The molecule has 0 fully saturated rings. The highest BCUT2D eigenvalue weighted by molar-refractivity contribution is 9.10. The van der Waals surface area contributed by atoms with E-state index in [1.165, 1.54) is 4.68 Å². The Kier molecular flexibility index (Phi) is 6.10. The zero-order valence-corrected chi connectivity index (χ0v) is 13.2. The highest BCUT2D eigenvalue weighted by atomic mass is 79.9. The van der Waals surface area contributed by atoms with Gasteiger partial charge in [0.05, 0.1) is 11.9 Å². The van der Waals surface area contributed by atoms with Crippen LogP contribution in [0.4, 0.5) is 5.69 Å². The maximum absolute atomic E-state index is 12.0. The Hall–Kier alpha value is -1.28. The average molecular weight is 326 g/mol. The molecule has 5 heteroatoms. The van der Waals surface area contributed by atoms with Gasteiger partial charge in [-0.1, -0.05) is 26.2 Å². The molecule has 0 aliphatic heterocycles. The van der Waals surface area contributed by atoms with E-state index in [1.54, 1.807) is 6.20 Å². The third-order valence-electron chi connectivity index (χ3n) is 3.08. The van der Waals surface area contributed by atoms with Gasteiger partial charge in [0.25, 0.3) is 5.56 Å². The molecule has 19 heavy (non-hydrogen) atoms. The molecule has 0 aliphatic carbocycles. The van der Waals surface area contributed by atoms with Gasteiger partial charge in [0.1, 0.15) is 11.0 Å². The number of rotatable bonds is 6. The standard InChI is InChI=1S/C14H20BrN3O/c1-5-7-18-14(19)13(15)12(9-16-18)17-11(4)8-10(3)6-2/h1,9-11,17H,6-8H2,2-4H3. The van der Waals surface area contributed by atoms with Crippen molar-refractivity contribution >= 4 is 21.6 Å². The van der Waals surface area contributed by atoms with Gasteiger partial charge >= 0.3 is 0 Å². The predicted molar refractivity (Wildman–Crippen MR) is 82.2 cm³/mol. The smallest absolute Gasteiger partial charge is 0.284 e. The van der Waals surface area contributed by atoms with Crippen molar-refractivity contribution < 1.29 is 0 Å². The van der Waals surface area contributed by atoms with Crippen LogP contribution in [0, 0.1) is 18.3 Å². The molecular formula is C14H20BrN3O. The van der Waals surface area contributed by atoms with Crippen LogP contribution in [-0.2, 0) is 6.54 Å². The Labute approximate surface area is 122 Å². The Morgan fingerprint density at radius 1 is 1.58 bits per heavy atom. The van der Waals surface area contributed by atoms with Crippen LogP contribution in [0.2, 0.25) is 0 Å². The van der Waals surface area contributed by atoms with Crippen LogP contribution in [0.1, 0.15) is 33.6 Å². The molecule has 1 aromatic rings. The molecule has 1 aromatic heterocycles. The van der Waals surface area contributed by atoms with E-state index in [-0.39, 0.29) is 18.1 Å². The molecule has 4 nitrogen and oxygen atoms in total. The van der Waals surface area contributed by atoms with Crippen LogP contribution < -0.4 is 10.9 Å². The maximum atomic E-state index is 12.0. The second-order valence-electron chi connectivity index (χ2n) is 4.83. The van der Waals surface area contributed by atoms with E-state index >= 15 is 0 Å². The van der Waals surface area contributed by atoms with Crippen molar-refractivity contribution in [2.45, 2.75) is 46.2 Å². The van der Waals surface area contributed by atoms with Crippen molar-refractivity contribution in [3.8, 4) is 12.3 Å². The highest BCUT2D eigenvalue weighted by Crippen LogP contribution is 2.19. The number of terminal acetylenes is 1. The summed E-state index contributed by atoms with van der Waals surface area (Å²) in [6, 6.07) is 0.288. The van der Waals surface area contributed by atoms with Crippen molar-refractivity contribution in [2.75, 3.05) is 5.32 Å². The number of nitrogens with zero attached hydrogens (tertiary/aromatic N) is 2. The first-order valence-corrected chi connectivity index (χ1v) is 7.24. The predicted octanol–water partition coefficient (Wildman–Crippen LogP) is 2.88. The maximum Gasteiger partial charge on any atom is 0.284 e. The summed E-state index contributed by atoms with van der Waals surface area (Å²) in [6.07, 6.45) is 9.02. The third kappa shape index (κ3) is 4.39. The second-order valence-corrected chi connectivity index (χ2v) is 5.63. The van der Waals surface area contributed by atoms with Crippen molar-refractivity contribution in [3.63, 3.8) is 0 Å². The summed E-state index contributed by atoms with van der Waals surface area (Å²) < 4.78 is 1.74. The van der Waals surface area contributed by atoms with Gasteiger partial charge in [-0.05, 0) is 35.2 Å². The van der Waals surface area contributed by atoms with Crippen LogP contribution >= 0.6 is 15.9 Å². The second kappa shape index (κ2) is 7.34. The minimum atomic E-state index is -0.210. The van der Waals surface area contributed by atoms with Gasteiger partial charge in [0.15, 0.2) is 0 Å². The SMILES string of the molecule is C#CCn1ncc(NC(C)CC(C)CC)c(Br)c1=O. The number of hydrogen-bond acceptors (Lipinski definition) is 3. The van der Waals surface area contributed by atoms with Gasteiger partial charge in [-0.2, -0.15) is 5.10 Å². The third-order valence-corrected chi connectivity index (χ3v) is 3.85. The van der Waals surface area contributed by atoms with Gasteiger partial charge in [0.2, 0.25) is 0 Å². The minimum Gasteiger partial charge on any atom is -0.380 e. The quantitative estimate of drug-likeness (QED) is 0.818. The van der Waals surface area contributed by atoms with Gasteiger partial charge in [-0.3, -0.25) is 4.79 Å². The van der Waals surface area contributed by atoms with E-state index in [0.29, 0.717) is 16.1 Å². The molecule has 1 N–H and O–H groups in total. The van der Waals surface area contributed by atoms with Crippen LogP contribution in [0.15, 0.2) is 15.5 Å². The van der Waals surface area contributed by atoms with Gasteiger partial charge in [-0.15, -0.1) is 6.42 Å². The van der Waals surface area contributed by atoms with Crippen LogP contribution in [-0.4, -0.2) is 15.8 Å². The van der Waals surface area contributed by atoms with E-state index < -0.39 is 0 Å². The van der Waals surface area contributed by atoms with E-state index in [9.17, 15) is 4.79 Å². The summed E-state index contributed by atoms with van der Waals surface area (Å²) in [7, 11) is 0.